The van der Waals surface area contributed by atoms with E-state index in [0.717, 1.165) is 5.46 Å². The van der Waals surface area contributed by atoms with Gasteiger partial charge in [0.25, 0.3) is 0 Å². The zero-order chi connectivity index (χ0) is 18.1. The van der Waals surface area contributed by atoms with Crippen LogP contribution in [0, 0.1) is 6.92 Å². The number of carbonyl (C=O) groups excluding carboxylic acids is 1. The Hall–Kier alpha value is -1.79. The van der Waals surface area contributed by atoms with Gasteiger partial charge in [-0.15, -0.1) is 0 Å². The fourth-order valence-corrected chi connectivity index (χ4v) is 2.13. The number of aliphatic hydroxyl groups is 1. The second-order valence-electron chi connectivity index (χ2n) is 6.81. The summed E-state index contributed by atoms with van der Waals surface area (Å²) in [4.78, 5) is 12.1. The van der Waals surface area contributed by atoms with E-state index in [4.69, 9.17) is 13.8 Å². The average molecular weight is 331 g/mol. The van der Waals surface area contributed by atoms with Crippen molar-refractivity contribution in [2.45, 2.75) is 52.7 Å². The second-order valence-corrected chi connectivity index (χ2v) is 6.81. The van der Waals surface area contributed by atoms with Crippen molar-refractivity contribution in [3.8, 4) is 0 Å². The fraction of sp³-hybridized carbons (Fsp3) is 0.500. The van der Waals surface area contributed by atoms with Gasteiger partial charge in [-0.2, -0.15) is 0 Å². The highest BCUT2D eigenvalue weighted by Crippen LogP contribution is 2.26. The van der Waals surface area contributed by atoms with Crippen LogP contribution in [0.15, 0.2) is 22.6 Å². The molecule has 0 spiro atoms. The Morgan fingerprint density at radius 1 is 1.29 bits per heavy atom. The maximum Gasteiger partial charge on any atom is 0.342 e. The van der Waals surface area contributed by atoms with Gasteiger partial charge < -0.3 is 18.9 Å². The number of furan rings is 1. The Morgan fingerprint density at radius 3 is 2.54 bits per heavy atom. The molecule has 2 aromatic rings. The number of hydrogen-bond acceptors (Lipinski definition) is 5. The summed E-state index contributed by atoms with van der Waals surface area (Å²) in [5.74, 6) is 0.127. The zero-order valence-electron chi connectivity index (χ0n) is 15.1. The molecule has 1 aromatic heterocycles. The van der Waals surface area contributed by atoms with Gasteiger partial charge in [0, 0.05) is 5.39 Å². The molecule has 5 nitrogen and oxygen atoms in total. The van der Waals surface area contributed by atoms with E-state index in [1.165, 1.54) is 0 Å². The molecule has 24 heavy (non-hydrogen) atoms. The van der Waals surface area contributed by atoms with Crippen molar-refractivity contribution in [3.05, 3.63) is 29.5 Å². The van der Waals surface area contributed by atoms with Gasteiger partial charge in [0.15, 0.2) is 0 Å². The molecule has 0 amide bonds. The Kier molecular flexibility index (Phi) is 5.11. The minimum absolute atomic E-state index is 0.305. The lowest BCUT2D eigenvalue weighted by molar-refractivity contribution is -0.0893. The van der Waals surface area contributed by atoms with Crippen LogP contribution in [-0.4, -0.2) is 36.4 Å². The summed E-state index contributed by atoms with van der Waals surface area (Å²) in [5, 5.41) is 10.8. The predicted molar refractivity (Wildman–Crippen MR) is 93.8 cm³/mol. The number of hydrogen-bond donors (Lipinski definition) is 1. The van der Waals surface area contributed by atoms with Crippen LogP contribution >= 0.6 is 0 Å². The molecule has 6 heteroatoms. The molecular formula is C18H24BO5. The second kappa shape index (κ2) is 6.61. The third-order valence-corrected chi connectivity index (χ3v) is 4.33. The van der Waals surface area contributed by atoms with E-state index in [1.807, 2.05) is 26.0 Å². The van der Waals surface area contributed by atoms with Crippen molar-refractivity contribution < 1.29 is 23.7 Å². The molecule has 0 aliphatic rings. The summed E-state index contributed by atoms with van der Waals surface area (Å²) in [6.07, 6.45) is 0. The van der Waals surface area contributed by atoms with Crippen molar-refractivity contribution in [1.82, 2.24) is 0 Å². The molecule has 1 heterocycles. The number of fused-ring (bicyclic) bond motifs is 1. The summed E-state index contributed by atoms with van der Waals surface area (Å²) in [6, 6.07) is 5.44. The van der Waals surface area contributed by atoms with Crippen LogP contribution in [-0.2, 0) is 9.39 Å². The number of carbonyl (C=O) groups is 1. The Morgan fingerprint density at radius 2 is 1.96 bits per heavy atom. The molecule has 0 saturated heterocycles. The number of esters is 1. The number of benzene rings is 1. The van der Waals surface area contributed by atoms with Crippen molar-refractivity contribution >= 4 is 29.9 Å². The van der Waals surface area contributed by atoms with Crippen LogP contribution in [0.3, 0.4) is 0 Å². The Labute approximate surface area is 143 Å². The molecule has 0 aliphatic heterocycles. The normalized spacial score (nSPS) is 12.5. The highest BCUT2D eigenvalue weighted by atomic mass is 16.5. The van der Waals surface area contributed by atoms with Gasteiger partial charge in [-0.3, -0.25) is 0 Å². The van der Waals surface area contributed by atoms with Gasteiger partial charge in [0.05, 0.1) is 17.8 Å². The third kappa shape index (κ3) is 3.65. The Balaban J connectivity index is 2.31. The standard InChI is InChI=1S/C18H24BO5/c1-7-22-16(20)15-11(2)23-14-9-8-12(10-13(14)15)19-24-18(5,6)17(3,4)21/h8-10,21H,7H2,1-6H3. The molecule has 2 rings (SSSR count). The zero-order valence-corrected chi connectivity index (χ0v) is 15.1. The smallest absolute Gasteiger partial charge is 0.342 e. The van der Waals surface area contributed by atoms with Crippen LogP contribution < -0.4 is 5.46 Å². The van der Waals surface area contributed by atoms with Crippen molar-refractivity contribution in [2.24, 2.45) is 0 Å². The van der Waals surface area contributed by atoms with Crippen LogP contribution in [0.4, 0.5) is 0 Å². The molecular weight excluding hydrogens is 307 g/mol. The molecule has 129 valence electrons. The van der Waals surface area contributed by atoms with Crippen molar-refractivity contribution in [1.29, 1.82) is 0 Å². The summed E-state index contributed by atoms with van der Waals surface area (Å²) in [6.45, 7) is 10.8. The maximum absolute atomic E-state index is 12.1. The molecule has 0 atom stereocenters. The van der Waals surface area contributed by atoms with E-state index in [1.54, 1.807) is 41.2 Å². The molecule has 0 fully saturated rings. The lowest BCUT2D eigenvalue weighted by Gasteiger charge is -2.37. The number of aryl methyl sites for hydroxylation is 1. The summed E-state index contributed by atoms with van der Waals surface area (Å²) >= 11 is 0. The SMILES string of the molecule is CCOC(=O)c1c(C)oc2ccc([B]OC(C)(C)C(C)(C)O)cc12. The number of rotatable bonds is 6. The summed E-state index contributed by atoms with van der Waals surface area (Å²) < 4.78 is 16.5. The topological polar surface area (TPSA) is 68.9 Å². The molecule has 0 unspecified atom stereocenters. The van der Waals surface area contributed by atoms with Gasteiger partial charge in [-0.05, 0) is 47.6 Å². The highest BCUT2D eigenvalue weighted by molar-refractivity contribution is 6.47. The quantitative estimate of drug-likeness (QED) is 0.651. The largest absolute Gasteiger partial charge is 0.462 e. The number of ether oxygens (including phenoxy) is 1. The maximum atomic E-state index is 12.1. The van der Waals surface area contributed by atoms with Gasteiger partial charge in [0.2, 0.25) is 0 Å². The highest BCUT2D eigenvalue weighted by Gasteiger charge is 2.35. The van der Waals surface area contributed by atoms with Crippen molar-refractivity contribution in [3.63, 3.8) is 0 Å². The van der Waals surface area contributed by atoms with Gasteiger partial charge in [-0.25, -0.2) is 4.79 Å². The van der Waals surface area contributed by atoms with E-state index in [-0.39, 0.29) is 0 Å². The minimum atomic E-state index is -1.00. The summed E-state index contributed by atoms with van der Waals surface area (Å²) in [7, 11) is 1.58. The first kappa shape index (κ1) is 18.6. The van der Waals surface area contributed by atoms with Gasteiger partial charge >= 0.3 is 13.5 Å². The molecule has 1 aromatic carbocycles. The van der Waals surface area contributed by atoms with E-state index >= 15 is 0 Å². The van der Waals surface area contributed by atoms with Crippen LogP contribution in [0.5, 0.6) is 0 Å². The van der Waals surface area contributed by atoms with Crippen LogP contribution in [0.2, 0.25) is 0 Å². The molecule has 0 bridgehead atoms. The fourth-order valence-electron chi connectivity index (χ4n) is 2.13. The lowest BCUT2D eigenvalue weighted by atomic mass is 9.82. The monoisotopic (exact) mass is 331 g/mol. The lowest BCUT2D eigenvalue weighted by Crippen LogP contribution is -2.49. The first-order valence-corrected chi connectivity index (χ1v) is 8.00. The Bertz CT molecular complexity index is 740. The van der Waals surface area contributed by atoms with Gasteiger partial charge in [-0.1, -0.05) is 17.6 Å². The van der Waals surface area contributed by atoms with E-state index in [9.17, 15) is 9.90 Å². The van der Waals surface area contributed by atoms with E-state index < -0.39 is 17.2 Å². The molecule has 0 aliphatic carbocycles. The third-order valence-electron chi connectivity index (χ3n) is 4.33. The molecule has 0 saturated carbocycles. The van der Waals surface area contributed by atoms with E-state index in [0.29, 0.717) is 28.9 Å². The molecule has 1 radical (unpaired) electrons. The first-order valence-electron chi connectivity index (χ1n) is 8.00. The average Bonchev–Trinajstić information content (AvgIpc) is 2.79. The van der Waals surface area contributed by atoms with Gasteiger partial charge in [0.1, 0.15) is 16.9 Å². The predicted octanol–water partition coefficient (Wildman–Crippen LogP) is 2.73. The first-order chi connectivity index (χ1) is 11.1. The summed E-state index contributed by atoms with van der Waals surface area (Å²) in [5.41, 5.74) is 0.0539. The van der Waals surface area contributed by atoms with Crippen LogP contribution in [0.25, 0.3) is 11.0 Å². The van der Waals surface area contributed by atoms with Crippen molar-refractivity contribution in [2.75, 3.05) is 6.61 Å². The minimum Gasteiger partial charge on any atom is -0.462 e. The van der Waals surface area contributed by atoms with Crippen LogP contribution in [0.1, 0.15) is 50.7 Å². The molecule has 1 N–H and O–H groups in total. The van der Waals surface area contributed by atoms with E-state index in [2.05, 4.69) is 0 Å².